The summed E-state index contributed by atoms with van der Waals surface area (Å²) in [6.45, 7) is 3.02. The molecule has 0 spiro atoms. The van der Waals surface area contributed by atoms with Crippen LogP contribution in [0.3, 0.4) is 0 Å². The Morgan fingerprint density at radius 1 is 1.00 bits per heavy atom. The van der Waals surface area contributed by atoms with Crippen molar-refractivity contribution >= 4 is 11.4 Å². The zero-order valence-electron chi connectivity index (χ0n) is 16.1. The van der Waals surface area contributed by atoms with Crippen LogP contribution >= 0.6 is 0 Å². The number of rotatable bonds is 7. The van der Waals surface area contributed by atoms with Crippen LogP contribution in [0, 0.1) is 0 Å². The van der Waals surface area contributed by atoms with Crippen molar-refractivity contribution in [2.45, 2.75) is 18.8 Å². The topological polar surface area (TPSA) is 59.0 Å². The molecule has 0 radical (unpaired) electrons. The van der Waals surface area contributed by atoms with Gasteiger partial charge in [0.05, 0.1) is 18.3 Å². The second-order valence-corrected chi connectivity index (χ2v) is 7.19. The fourth-order valence-electron chi connectivity index (χ4n) is 3.42. The second kappa shape index (κ2) is 9.47. The Labute approximate surface area is 168 Å². The molecule has 158 valence electrons. The van der Waals surface area contributed by atoms with Gasteiger partial charge in [0, 0.05) is 50.6 Å². The molecule has 5 nitrogen and oxygen atoms in total. The molecule has 2 aromatic carbocycles. The van der Waals surface area contributed by atoms with Gasteiger partial charge in [0.25, 0.3) is 0 Å². The van der Waals surface area contributed by atoms with Crippen LogP contribution in [-0.4, -0.2) is 60.5 Å². The Kier molecular flexibility index (Phi) is 7.00. The van der Waals surface area contributed by atoms with Gasteiger partial charge in [0.2, 0.25) is 0 Å². The van der Waals surface area contributed by atoms with Crippen LogP contribution in [-0.2, 0) is 12.7 Å². The van der Waals surface area contributed by atoms with Gasteiger partial charge in [-0.15, -0.1) is 0 Å². The lowest BCUT2D eigenvalue weighted by Gasteiger charge is -2.36. The van der Waals surface area contributed by atoms with E-state index in [2.05, 4.69) is 22.3 Å². The van der Waals surface area contributed by atoms with Gasteiger partial charge in [0.1, 0.15) is 0 Å². The Morgan fingerprint density at radius 3 is 2.31 bits per heavy atom. The summed E-state index contributed by atoms with van der Waals surface area (Å²) in [5.74, 6) is 0. The lowest BCUT2D eigenvalue weighted by Crippen LogP contribution is -2.46. The van der Waals surface area contributed by atoms with Gasteiger partial charge in [-0.3, -0.25) is 4.90 Å². The van der Waals surface area contributed by atoms with Crippen LogP contribution in [0.1, 0.15) is 11.1 Å². The summed E-state index contributed by atoms with van der Waals surface area (Å²) < 4.78 is 40.6. The van der Waals surface area contributed by atoms with Gasteiger partial charge in [0.15, 0.2) is 0 Å². The van der Waals surface area contributed by atoms with Crippen LogP contribution in [0.2, 0.25) is 0 Å². The molecule has 1 fully saturated rings. The van der Waals surface area contributed by atoms with Crippen LogP contribution in [0.15, 0.2) is 48.5 Å². The molecule has 0 aliphatic carbocycles. The molecule has 3 rings (SSSR count). The minimum Gasteiger partial charge on any atom is -0.394 e. The fourth-order valence-corrected chi connectivity index (χ4v) is 3.42. The van der Waals surface area contributed by atoms with Crippen LogP contribution in [0.25, 0.3) is 0 Å². The summed E-state index contributed by atoms with van der Waals surface area (Å²) >= 11 is 0. The average molecular weight is 409 g/mol. The number of benzene rings is 2. The summed E-state index contributed by atoms with van der Waals surface area (Å²) in [6.07, 6.45) is -5.63. The van der Waals surface area contributed by atoms with Gasteiger partial charge in [-0.25, -0.2) is 0 Å². The van der Waals surface area contributed by atoms with E-state index in [4.69, 9.17) is 5.11 Å². The standard InChI is InChI=1S/C21H26F3N3O2/c22-21(23,24)19-12-17(6-7-20(19)25-13-18(29)15-28)27-10-8-26(9-11-27)14-16-4-2-1-3-5-16/h1-7,12,18,25,28-29H,8-11,13-15H2. The lowest BCUT2D eigenvalue weighted by atomic mass is 10.1. The van der Waals surface area contributed by atoms with Gasteiger partial charge < -0.3 is 20.4 Å². The number of nitrogens with zero attached hydrogens (tertiary/aromatic N) is 2. The normalized spacial score (nSPS) is 16.7. The first kappa shape index (κ1) is 21.4. The third-order valence-electron chi connectivity index (χ3n) is 5.03. The Bertz CT molecular complexity index is 778. The summed E-state index contributed by atoms with van der Waals surface area (Å²) in [6, 6.07) is 14.3. The molecule has 2 aromatic rings. The quantitative estimate of drug-likeness (QED) is 0.657. The van der Waals surface area contributed by atoms with Crippen LogP contribution in [0.4, 0.5) is 24.5 Å². The monoisotopic (exact) mass is 409 g/mol. The third kappa shape index (κ3) is 5.85. The van der Waals surface area contributed by atoms with E-state index < -0.39 is 24.5 Å². The number of alkyl halides is 3. The molecule has 1 atom stereocenters. The number of anilines is 2. The van der Waals surface area contributed by atoms with Gasteiger partial charge >= 0.3 is 6.18 Å². The molecular formula is C21H26F3N3O2. The predicted molar refractivity (Wildman–Crippen MR) is 107 cm³/mol. The predicted octanol–water partition coefficient (Wildman–Crippen LogP) is 2.79. The maximum Gasteiger partial charge on any atom is 0.418 e. The zero-order valence-corrected chi connectivity index (χ0v) is 16.1. The van der Waals surface area contributed by atoms with Crippen LogP contribution in [0.5, 0.6) is 0 Å². The second-order valence-electron chi connectivity index (χ2n) is 7.19. The van der Waals surface area contributed by atoms with Gasteiger partial charge in [-0.05, 0) is 23.8 Å². The molecule has 3 N–H and O–H groups in total. The Balaban J connectivity index is 1.66. The molecule has 0 aromatic heterocycles. The van der Waals surface area contributed by atoms with E-state index in [1.807, 2.05) is 23.1 Å². The summed E-state index contributed by atoms with van der Waals surface area (Å²) in [4.78, 5) is 4.26. The van der Waals surface area contributed by atoms with Crippen LogP contribution < -0.4 is 10.2 Å². The van der Waals surface area contributed by atoms with Crippen molar-refractivity contribution in [3.8, 4) is 0 Å². The van der Waals surface area contributed by atoms with Gasteiger partial charge in [-0.2, -0.15) is 13.2 Å². The first-order chi connectivity index (χ1) is 13.9. The molecule has 0 bridgehead atoms. The summed E-state index contributed by atoms with van der Waals surface area (Å²) in [7, 11) is 0. The first-order valence-electron chi connectivity index (χ1n) is 9.62. The van der Waals surface area contributed by atoms with E-state index in [1.54, 1.807) is 6.07 Å². The van der Waals surface area contributed by atoms with Crippen molar-refractivity contribution in [3.63, 3.8) is 0 Å². The maximum atomic E-state index is 13.5. The Morgan fingerprint density at radius 2 is 1.69 bits per heavy atom. The smallest absolute Gasteiger partial charge is 0.394 e. The molecule has 0 saturated carbocycles. The molecule has 0 amide bonds. The fraction of sp³-hybridized carbons (Fsp3) is 0.429. The van der Waals surface area contributed by atoms with E-state index in [9.17, 15) is 18.3 Å². The summed E-state index contributed by atoms with van der Waals surface area (Å²) in [5, 5.41) is 20.8. The van der Waals surface area contributed by atoms with E-state index in [1.165, 1.54) is 11.6 Å². The molecule has 1 aliphatic heterocycles. The lowest BCUT2D eigenvalue weighted by molar-refractivity contribution is -0.136. The Hall–Kier alpha value is -2.29. The summed E-state index contributed by atoms with van der Waals surface area (Å²) in [5.41, 5.74) is 0.883. The largest absolute Gasteiger partial charge is 0.418 e. The van der Waals surface area contributed by atoms with E-state index in [-0.39, 0.29) is 12.2 Å². The molecule has 29 heavy (non-hydrogen) atoms. The zero-order chi connectivity index (χ0) is 20.9. The van der Waals surface area contributed by atoms with Crippen molar-refractivity contribution in [3.05, 3.63) is 59.7 Å². The van der Waals surface area contributed by atoms with Crippen molar-refractivity contribution in [2.24, 2.45) is 0 Å². The third-order valence-corrected chi connectivity index (χ3v) is 5.03. The number of piperazine rings is 1. The minimum absolute atomic E-state index is 0.100. The van der Waals surface area contributed by atoms with Crippen molar-refractivity contribution in [1.29, 1.82) is 0 Å². The highest BCUT2D eigenvalue weighted by Crippen LogP contribution is 2.37. The minimum atomic E-state index is -4.52. The SMILES string of the molecule is OCC(O)CNc1ccc(N2CCN(Cc3ccccc3)CC2)cc1C(F)(F)F. The highest BCUT2D eigenvalue weighted by molar-refractivity contribution is 5.62. The number of nitrogens with one attached hydrogen (secondary N) is 1. The molecule has 1 unspecified atom stereocenters. The van der Waals surface area contributed by atoms with Crippen molar-refractivity contribution in [1.82, 2.24) is 4.90 Å². The number of aliphatic hydroxyl groups is 2. The number of hydrogen-bond donors (Lipinski definition) is 3. The average Bonchev–Trinajstić information content (AvgIpc) is 2.72. The molecule has 1 saturated heterocycles. The van der Waals surface area contributed by atoms with E-state index in [0.717, 1.165) is 25.7 Å². The molecule has 1 heterocycles. The first-order valence-corrected chi connectivity index (χ1v) is 9.62. The maximum absolute atomic E-state index is 13.5. The van der Waals surface area contributed by atoms with Crippen molar-refractivity contribution < 1.29 is 23.4 Å². The number of hydrogen-bond acceptors (Lipinski definition) is 5. The van der Waals surface area contributed by atoms with E-state index >= 15 is 0 Å². The highest BCUT2D eigenvalue weighted by atomic mass is 19.4. The van der Waals surface area contributed by atoms with E-state index in [0.29, 0.717) is 18.8 Å². The molecule has 8 heteroatoms. The van der Waals surface area contributed by atoms with Gasteiger partial charge in [-0.1, -0.05) is 30.3 Å². The number of aliphatic hydroxyl groups excluding tert-OH is 2. The molecule has 1 aliphatic rings. The van der Waals surface area contributed by atoms with Crippen molar-refractivity contribution in [2.75, 3.05) is 49.5 Å². The highest BCUT2D eigenvalue weighted by Gasteiger charge is 2.34. The molecular weight excluding hydrogens is 383 g/mol. The number of halogens is 3.